The zero-order valence-electron chi connectivity index (χ0n) is 7.48. The summed E-state index contributed by atoms with van der Waals surface area (Å²) >= 11 is 0. The third-order valence-corrected chi connectivity index (χ3v) is 3.04. The van der Waals surface area contributed by atoms with Gasteiger partial charge < -0.3 is 5.73 Å². The number of nitrogens with zero attached hydrogens (tertiary/aromatic N) is 3. The van der Waals surface area contributed by atoms with Crippen molar-refractivity contribution in [2.75, 3.05) is 13.6 Å². The monoisotopic (exact) mass is 168 g/mol. The Kier molecular flexibility index (Phi) is 2.00. The van der Waals surface area contributed by atoms with E-state index >= 15 is 0 Å². The summed E-state index contributed by atoms with van der Waals surface area (Å²) in [5.74, 6) is 0.692. The SMILES string of the molecule is CN1N=NC2CCC(CN)CC21. The fraction of sp³-hybridized carbons (Fsp3) is 1.00. The number of likely N-dealkylation sites (N-methyl/N-ethyl adjacent to an activating group) is 1. The van der Waals surface area contributed by atoms with E-state index in [0.717, 1.165) is 6.54 Å². The number of hydrogen-bond acceptors (Lipinski definition) is 4. The molecule has 1 fully saturated rings. The molecule has 2 N–H and O–H groups in total. The Bertz CT molecular complexity index is 191. The third-order valence-electron chi connectivity index (χ3n) is 3.04. The Morgan fingerprint density at radius 2 is 2.33 bits per heavy atom. The lowest BCUT2D eigenvalue weighted by molar-refractivity contribution is 0.184. The molecule has 3 atom stereocenters. The molecule has 0 spiro atoms. The first kappa shape index (κ1) is 7.98. The first-order valence-corrected chi connectivity index (χ1v) is 4.65. The van der Waals surface area contributed by atoms with Crippen LogP contribution in [0, 0.1) is 5.92 Å². The maximum absolute atomic E-state index is 5.65. The van der Waals surface area contributed by atoms with Crippen LogP contribution in [-0.4, -0.2) is 30.7 Å². The van der Waals surface area contributed by atoms with Crippen LogP contribution in [0.3, 0.4) is 0 Å². The zero-order valence-corrected chi connectivity index (χ0v) is 7.48. The molecule has 0 amide bonds. The van der Waals surface area contributed by atoms with Gasteiger partial charge in [-0.3, -0.25) is 5.01 Å². The van der Waals surface area contributed by atoms with Crippen LogP contribution in [0.25, 0.3) is 0 Å². The smallest absolute Gasteiger partial charge is 0.0949 e. The molecule has 4 heteroatoms. The Morgan fingerprint density at radius 1 is 1.50 bits per heavy atom. The van der Waals surface area contributed by atoms with Crippen molar-refractivity contribution < 1.29 is 0 Å². The van der Waals surface area contributed by atoms with Crippen LogP contribution >= 0.6 is 0 Å². The predicted molar refractivity (Wildman–Crippen MR) is 46.6 cm³/mol. The van der Waals surface area contributed by atoms with E-state index in [9.17, 15) is 0 Å². The fourth-order valence-electron chi connectivity index (χ4n) is 2.18. The second-order valence-electron chi connectivity index (χ2n) is 3.83. The van der Waals surface area contributed by atoms with Gasteiger partial charge in [-0.1, -0.05) is 5.22 Å². The minimum absolute atomic E-state index is 0.456. The minimum atomic E-state index is 0.456. The summed E-state index contributed by atoms with van der Waals surface area (Å²) in [6.45, 7) is 0.817. The Labute approximate surface area is 72.8 Å². The van der Waals surface area contributed by atoms with Crippen LogP contribution in [0.15, 0.2) is 10.3 Å². The van der Waals surface area contributed by atoms with Crippen molar-refractivity contribution in [1.29, 1.82) is 0 Å². The van der Waals surface area contributed by atoms with Gasteiger partial charge in [0.1, 0.15) is 0 Å². The van der Waals surface area contributed by atoms with Crippen LogP contribution in [0.4, 0.5) is 0 Å². The van der Waals surface area contributed by atoms with Crippen LogP contribution in [0.5, 0.6) is 0 Å². The van der Waals surface area contributed by atoms with Crippen molar-refractivity contribution in [2.45, 2.75) is 31.3 Å². The average molecular weight is 168 g/mol. The third kappa shape index (κ3) is 1.20. The molecule has 2 rings (SSSR count). The summed E-state index contributed by atoms with van der Waals surface area (Å²) in [6, 6.07) is 0.991. The lowest BCUT2D eigenvalue weighted by Crippen LogP contribution is -2.39. The molecular formula is C8H16N4. The molecule has 0 bridgehead atoms. The predicted octanol–water partition coefficient (Wildman–Crippen LogP) is 0.795. The molecule has 0 aromatic heterocycles. The van der Waals surface area contributed by atoms with Crippen molar-refractivity contribution in [2.24, 2.45) is 22.0 Å². The molecule has 1 aliphatic heterocycles. The first-order chi connectivity index (χ1) is 5.81. The van der Waals surface area contributed by atoms with Gasteiger partial charge in [0.2, 0.25) is 0 Å². The number of nitrogens with two attached hydrogens (primary N) is 1. The van der Waals surface area contributed by atoms with Crippen LogP contribution in [0.2, 0.25) is 0 Å². The van der Waals surface area contributed by atoms with Gasteiger partial charge in [0.15, 0.2) is 0 Å². The summed E-state index contributed by atoms with van der Waals surface area (Å²) < 4.78 is 0. The van der Waals surface area contributed by atoms with Crippen molar-refractivity contribution in [3.8, 4) is 0 Å². The second-order valence-corrected chi connectivity index (χ2v) is 3.83. The van der Waals surface area contributed by atoms with Gasteiger partial charge in [-0.05, 0) is 31.7 Å². The average Bonchev–Trinajstić information content (AvgIpc) is 2.47. The van der Waals surface area contributed by atoms with E-state index in [0.29, 0.717) is 18.0 Å². The summed E-state index contributed by atoms with van der Waals surface area (Å²) in [4.78, 5) is 0. The number of fused-ring (bicyclic) bond motifs is 1. The topological polar surface area (TPSA) is 54.0 Å². The highest BCUT2D eigenvalue weighted by atomic mass is 15.6. The largest absolute Gasteiger partial charge is 0.330 e. The van der Waals surface area contributed by atoms with E-state index in [1.165, 1.54) is 19.3 Å². The van der Waals surface area contributed by atoms with Gasteiger partial charge in [-0.25, -0.2) is 0 Å². The van der Waals surface area contributed by atoms with Crippen molar-refractivity contribution >= 4 is 0 Å². The molecule has 1 aliphatic carbocycles. The van der Waals surface area contributed by atoms with Gasteiger partial charge in [-0.2, -0.15) is 5.11 Å². The molecule has 0 radical (unpaired) electrons. The normalized spacial score (nSPS) is 40.2. The maximum atomic E-state index is 5.65. The van der Waals surface area contributed by atoms with E-state index in [4.69, 9.17) is 5.73 Å². The van der Waals surface area contributed by atoms with E-state index < -0.39 is 0 Å². The molecule has 2 aliphatic rings. The maximum Gasteiger partial charge on any atom is 0.0949 e. The van der Waals surface area contributed by atoms with Gasteiger partial charge in [0.25, 0.3) is 0 Å². The second kappa shape index (κ2) is 3.01. The molecule has 68 valence electrons. The van der Waals surface area contributed by atoms with Gasteiger partial charge in [0.05, 0.1) is 12.1 Å². The van der Waals surface area contributed by atoms with E-state index in [2.05, 4.69) is 10.3 Å². The van der Waals surface area contributed by atoms with Gasteiger partial charge >= 0.3 is 0 Å². The Hall–Kier alpha value is -0.640. The molecule has 0 aromatic carbocycles. The standard InChI is InChI=1S/C8H16N4/c1-12-8-4-6(5-9)2-3-7(8)10-11-12/h6-8H,2-5,9H2,1H3. The molecule has 0 aromatic rings. The quantitative estimate of drug-likeness (QED) is 0.629. The van der Waals surface area contributed by atoms with Crippen LogP contribution in [-0.2, 0) is 0 Å². The molecule has 4 nitrogen and oxygen atoms in total. The highest BCUT2D eigenvalue weighted by molar-refractivity contribution is 4.91. The molecule has 0 saturated heterocycles. The summed E-state index contributed by atoms with van der Waals surface area (Å²) in [5.41, 5.74) is 5.65. The summed E-state index contributed by atoms with van der Waals surface area (Å²) in [5, 5.41) is 10.3. The summed E-state index contributed by atoms with van der Waals surface area (Å²) in [7, 11) is 2.01. The molecular weight excluding hydrogens is 152 g/mol. The Morgan fingerprint density at radius 3 is 3.08 bits per heavy atom. The van der Waals surface area contributed by atoms with Crippen molar-refractivity contribution in [1.82, 2.24) is 5.01 Å². The molecule has 1 heterocycles. The van der Waals surface area contributed by atoms with Crippen LogP contribution < -0.4 is 5.73 Å². The number of rotatable bonds is 1. The lowest BCUT2D eigenvalue weighted by Gasteiger charge is -2.31. The lowest BCUT2D eigenvalue weighted by atomic mass is 9.83. The van der Waals surface area contributed by atoms with Crippen molar-refractivity contribution in [3.63, 3.8) is 0 Å². The minimum Gasteiger partial charge on any atom is -0.330 e. The fourth-order valence-corrected chi connectivity index (χ4v) is 2.18. The van der Waals surface area contributed by atoms with E-state index in [-0.39, 0.29) is 0 Å². The molecule has 1 saturated carbocycles. The molecule has 3 unspecified atom stereocenters. The number of hydrogen-bond donors (Lipinski definition) is 1. The van der Waals surface area contributed by atoms with Crippen molar-refractivity contribution in [3.05, 3.63) is 0 Å². The highest BCUT2D eigenvalue weighted by Crippen LogP contribution is 2.32. The zero-order chi connectivity index (χ0) is 8.55. The van der Waals surface area contributed by atoms with E-state index in [1.807, 2.05) is 12.1 Å². The first-order valence-electron chi connectivity index (χ1n) is 4.65. The summed E-state index contributed by atoms with van der Waals surface area (Å²) in [6.07, 6.45) is 3.57. The molecule has 12 heavy (non-hydrogen) atoms. The van der Waals surface area contributed by atoms with E-state index in [1.54, 1.807) is 0 Å². The highest BCUT2D eigenvalue weighted by Gasteiger charge is 2.35. The van der Waals surface area contributed by atoms with Crippen LogP contribution in [0.1, 0.15) is 19.3 Å². The van der Waals surface area contributed by atoms with Gasteiger partial charge in [-0.15, -0.1) is 0 Å². The Balaban J connectivity index is 2.00. The van der Waals surface area contributed by atoms with Gasteiger partial charge in [0, 0.05) is 7.05 Å².